The van der Waals surface area contributed by atoms with Crippen LogP contribution in [0.4, 0.5) is 5.95 Å². The Balaban J connectivity index is 1.14. The van der Waals surface area contributed by atoms with Crippen molar-refractivity contribution in [2.75, 3.05) is 57.0 Å². The fourth-order valence-electron chi connectivity index (χ4n) is 6.21. The van der Waals surface area contributed by atoms with Gasteiger partial charge in [0.1, 0.15) is 6.10 Å². The average molecular weight is 540 g/mol. The minimum Gasteiger partial charge on any atom is -0.365 e. The van der Waals surface area contributed by atoms with E-state index in [2.05, 4.69) is 26.1 Å². The highest BCUT2D eigenvalue weighted by Gasteiger charge is 2.44. The molecule has 0 radical (unpaired) electrons. The maximum atomic E-state index is 12.0. The molecule has 0 saturated carbocycles. The molecule has 12 heteroatoms. The van der Waals surface area contributed by atoms with Crippen LogP contribution in [0.5, 0.6) is 0 Å². The monoisotopic (exact) mass is 539 g/mol. The lowest BCUT2D eigenvalue weighted by atomic mass is 10.0. The van der Waals surface area contributed by atoms with E-state index in [-0.39, 0.29) is 12.2 Å². The lowest BCUT2D eigenvalue weighted by Gasteiger charge is -2.40. The first-order valence-corrected chi connectivity index (χ1v) is 15.3. The van der Waals surface area contributed by atoms with Crippen molar-refractivity contribution < 1.29 is 13.2 Å². The second-order valence-corrected chi connectivity index (χ2v) is 13.4. The van der Waals surface area contributed by atoms with Crippen molar-refractivity contribution in [2.24, 2.45) is 11.8 Å². The number of morpholine rings is 1. The van der Waals surface area contributed by atoms with Crippen LogP contribution >= 0.6 is 11.3 Å². The molecule has 0 amide bonds. The SMILES string of the molecule is CS(=O)(=O)N1CC2CN(CC3CN(c4ncc5sccc5n4)CC(c4cccc5[nH]ncc45)O3)CC2C1. The van der Waals surface area contributed by atoms with Crippen LogP contribution in [0, 0.1) is 11.8 Å². The van der Waals surface area contributed by atoms with Gasteiger partial charge in [0.2, 0.25) is 16.0 Å². The van der Waals surface area contributed by atoms with Crippen LogP contribution in [0.1, 0.15) is 11.7 Å². The summed E-state index contributed by atoms with van der Waals surface area (Å²) in [4.78, 5) is 14.3. The third kappa shape index (κ3) is 4.40. The van der Waals surface area contributed by atoms with Crippen LogP contribution in [0.3, 0.4) is 0 Å². The number of likely N-dealkylation sites (tertiary alicyclic amines) is 1. The molecular formula is C25H29N7O3S2. The number of aromatic nitrogens is 4. The summed E-state index contributed by atoms with van der Waals surface area (Å²) in [6.45, 7) is 5.20. The molecule has 37 heavy (non-hydrogen) atoms. The van der Waals surface area contributed by atoms with Crippen molar-refractivity contribution in [2.45, 2.75) is 12.2 Å². The fourth-order valence-corrected chi connectivity index (χ4v) is 7.83. The molecular weight excluding hydrogens is 510 g/mol. The predicted octanol–water partition coefficient (Wildman–Crippen LogP) is 2.34. The minimum absolute atomic E-state index is 0.0347. The van der Waals surface area contributed by atoms with Crippen molar-refractivity contribution >= 4 is 48.4 Å². The van der Waals surface area contributed by atoms with Crippen LogP contribution in [-0.4, -0.2) is 96.0 Å². The molecule has 3 aliphatic rings. The van der Waals surface area contributed by atoms with Crippen LogP contribution in [-0.2, 0) is 14.8 Å². The Morgan fingerprint density at radius 1 is 1.08 bits per heavy atom. The van der Waals surface area contributed by atoms with Gasteiger partial charge in [-0.1, -0.05) is 12.1 Å². The molecule has 10 nitrogen and oxygen atoms in total. The van der Waals surface area contributed by atoms with Gasteiger partial charge in [-0.3, -0.25) is 5.10 Å². The molecule has 3 aliphatic heterocycles. The number of hydrogen-bond donors (Lipinski definition) is 1. The summed E-state index contributed by atoms with van der Waals surface area (Å²) < 4.78 is 33.5. The number of anilines is 1. The van der Waals surface area contributed by atoms with E-state index >= 15 is 0 Å². The largest absolute Gasteiger partial charge is 0.365 e. The van der Waals surface area contributed by atoms with Gasteiger partial charge in [-0.2, -0.15) is 5.10 Å². The predicted molar refractivity (Wildman–Crippen MR) is 143 cm³/mol. The Bertz CT molecular complexity index is 1540. The molecule has 3 saturated heterocycles. The van der Waals surface area contributed by atoms with Crippen molar-refractivity contribution in [3.8, 4) is 0 Å². The minimum atomic E-state index is -3.13. The van der Waals surface area contributed by atoms with E-state index in [0.717, 1.165) is 52.3 Å². The second kappa shape index (κ2) is 8.98. The molecule has 7 rings (SSSR count). The first kappa shape index (κ1) is 23.5. The summed E-state index contributed by atoms with van der Waals surface area (Å²) in [5.41, 5.74) is 3.07. The summed E-state index contributed by atoms with van der Waals surface area (Å²) in [7, 11) is -3.13. The molecule has 6 heterocycles. The van der Waals surface area contributed by atoms with E-state index in [4.69, 9.17) is 14.7 Å². The van der Waals surface area contributed by atoms with Gasteiger partial charge in [0.05, 0.1) is 47.0 Å². The van der Waals surface area contributed by atoms with Gasteiger partial charge in [-0.05, 0) is 34.9 Å². The number of sulfonamides is 1. The Kier molecular flexibility index (Phi) is 5.70. The van der Waals surface area contributed by atoms with E-state index in [1.807, 2.05) is 36.0 Å². The molecule has 3 aromatic heterocycles. The highest BCUT2D eigenvalue weighted by atomic mass is 32.2. The highest BCUT2D eigenvalue weighted by molar-refractivity contribution is 7.88. The number of fused-ring (bicyclic) bond motifs is 3. The molecule has 4 atom stereocenters. The lowest BCUT2D eigenvalue weighted by molar-refractivity contribution is -0.0408. The van der Waals surface area contributed by atoms with E-state index in [9.17, 15) is 8.42 Å². The van der Waals surface area contributed by atoms with Gasteiger partial charge in [0.15, 0.2) is 0 Å². The molecule has 0 aliphatic carbocycles. The van der Waals surface area contributed by atoms with Crippen LogP contribution in [0.25, 0.3) is 21.1 Å². The number of benzene rings is 1. The number of aromatic amines is 1. The first-order chi connectivity index (χ1) is 17.9. The van der Waals surface area contributed by atoms with Crippen molar-refractivity contribution in [1.82, 2.24) is 29.4 Å². The highest BCUT2D eigenvalue weighted by Crippen LogP contribution is 2.35. The fraction of sp³-hybridized carbons (Fsp3) is 0.480. The summed E-state index contributed by atoms with van der Waals surface area (Å²) in [6, 6.07) is 8.22. The van der Waals surface area contributed by atoms with Gasteiger partial charge in [0, 0.05) is 44.7 Å². The van der Waals surface area contributed by atoms with E-state index in [1.165, 1.54) is 6.26 Å². The van der Waals surface area contributed by atoms with Gasteiger partial charge < -0.3 is 14.5 Å². The van der Waals surface area contributed by atoms with Crippen molar-refractivity contribution in [1.29, 1.82) is 0 Å². The Morgan fingerprint density at radius 2 is 1.92 bits per heavy atom. The molecule has 1 aromatic carbocycles. The summed E-state index contributed by atoms with van der Waals surface area (Å²) in [5.74, 6) is 1.49. The molecule has 1 N–H and O–H groups in total. The zero-order valence-corrected chi connectivity index (χ0v) is 22.2. The Hall–Kier alpha value is -2.64. The maximum absolute atomic E-state index is 12.0. The van der Waals surface area contributed by atoms with Gasteiger partial charge in [-0.25, -0.2) is 22.7 Å². The molecule has 0 spiro atoms. The lowest BCUT2D eigenvalue weighted by Crippen LogP contribution is -2.49. The number of hydrogen-bond acceptors (Lipinski definition) is 9. The number of nitrogens with zero attached hydrogens (tertiary/aromatic N) is 6. The molecule has 3 fully saturated rings. The van der Waals surface area contributed by atoms with Gasteiger partial charge in [-0.15, -0.1) is 11.3 Å². The van der Waals surface area contributed by atoms with E-state index in [1.54, 1.807) is 15.6 Å². The van der Waals surface area contributed by atoms with Crippen molar-refractivity contribution in [3.63, 3.8) is 0 Å². The topological polar surface area (TPSA) is 108 Å². The third-order valence-electron chi connectivity index (χ3n) is 7.97. The van der Waals surface area contributed by atoms with E-state index < -0.39 is 10.0 Å². The standard InChI is InChI=1S/C25H29N7O3S2/c1-37(33,34)32-11-16-9-30(10-17(16)12-32)13-18-14-31(25-26-8-24-22(28-25)5-6-36-24)15-23(35-18)19-3-2-4-21-20(19)7-27-29-21/h2-8,16-18,23H,9-15H2,1H3,(H,27,29). The smallest absolute Gasteiger partial charge is 0.226 e. The van der Waals surface area contributed by atoms with Crippen LogP contribution in [0.15, 0.2) is 42.0 Å². The first-order valence-electron chi connectivity index (χ1n) is 12.6. The molecule has 4 aromatic rings. The number of rotatable bonds is 5. The average Bonchev–Trinajstić information content (AvgIpc) is 3.65. The molecule has 0 bridgehead atoms. The summed E-state index contributed by atoms with van der Waals surface area (Å²) >= 11 is 1.65. The zero-order valence-electron chi connectivity index (χ0n) is 20.5. The molecule has 4 unspecified atom stereocenters. The quantitative estimate of drug-likeness (QED) is 0.412. The number of nitrogens with one attached hydrogen (secondary N) is 1. The molecule has 194 valence electrons. The maximum Gasteiger partial charge on any atom is 0.226 e. The number of ether oxygens (including phenoxy) is 1. The normalized spacial score (nSPS) is 27.4. The summed E-state index contributed by atoms with van der Waals surface area (Å²) in [6.07, 6.45) is 4.91. The Morgan fingerprint density at radius 3 is 2.73 bits per heavy atom. The number of thiophene rings is 1. The van der Waals surface area contributed by atoms with Crippen LogP contribution in [0.2, 0.25) is 0 Å². The van der Waals surface area contributed by atoms with Crippen LogP contribution < -0.4 is 4.90 Å². The second-order valence-electron chi connectivity index (χ2n) is 10.5. The Labute approximate surface area is 219 Å². The third-order valence-corrected chi connectivity index (χ3v) is 10.0. The summed E-state index contributed by atoms with van der Waals surface area (Å²) in [5, 5.41) is 10.4. The van der Waals surface area contributed by atoms with Gasteiger partial charge in [0.25, 0.3) is 0 Å². The number of H-pyrrole nitrogens is 1. The van der Waals surface area contributed by atoms with E-state index in [0.29, 0.717) is 38.0 Å². The van der Waals surface area contributed by atoms with Gasteiger partial charge >= 0.3 is 0 Å². The zero-order chi connectivity index (χ0) is 25.1. The van der Waals surface area contributed by atoms with Crippen molar-refractivity contribution in [3.05, 3.63) is 47.6 Å².